The molecule has 1 N–H and O–H groups in total. The molecule has 0 amide bonds. The van der Waals surface area contributed by atoms with Crippen LogP contribution in [0.5, 0.6) is 0 Å². The SMILES string of the molecule is N#Cc1nc(NCC2(c3ccccc3)CC2)ccc1Cl. The molecule has 1 fully saturated rings. The Labute approximate surface area is 123 Å². The molecule has 100 valence electrons. The molecule has 0 bridgehead atoms. The molecule has 1 aromatic carbocycles. The number of nitrogens with one attached hydrogen (secondary N) is 1. The van der Waals surface area contributed by atoms with Gasteiger partial charge in [0.1, 0.15) is 11.9 Å². The number of hydrogen-bond acceptors (Lipinski definition) is 3. The van der Waals surface area contributed by atoms with Gasteiger partial charge in [0, 0.05) is 12.0 Å². The molecule has 3 rings (SSSR count). The number of anilines is 1. The standard InChI is InChI=1S/C16H14ClN3/c17-13-6-7-15(20-14(13)10-18)19-11-16(8-9-16)12-4-2-1-3-5-12/h1-7H,8-9,11H2,(H,19,20). The van der Waals surface area contributed by atoms with Crippen LogP contribution >= 0.6 is 11.6 Å². The first kappa shape index (κ1) is 13.0. The van der Waals surface area contributed by atoms with E-state index in [1.165, 1.54) is 18.4 Å². The molecule has 0 atom stereocenters. The maximum atomic E-state index is 8.94. The van der Waals surface area contributed by atoms with E-state index in [0.29, 0.717) is 10.8 Å². The van der Waals surface area contributed by atoms with Gasteiger partial charge in [0.25, 0.3) is 0 Å². The zero-order valence-electron chi connectivity index (χ0n) is 10.9. The number of benzene rings is 1. The van der Waals surface area contributed by atoms with E-state index in [9.17, 15) is 0 Å². The van der Waals surface area contributed by atoms with Crippen molar-refractivity contribution in [3.05, 3.63) is 58.7 Å². The van der Waals surface area contributed by atoms with Crippen molar-refractivity contribution in [3.8, 4) is 6.07 Å². The largest absolute Gasteiger partial charge is 0.369 e. The molecular formula is C16H14ClN3. The maximum Gasteiger partial charge on any atom is 0.161 e. The zero-order valence-corrected chi connectivity index (χ0v) is 11.7. The second kappa shape index (κ2) is 5.15. The second-order valence-corrected chi connectivity index (χ2v) is 5.55. The van der Waals surface area contributed by atoms with E-state index >= 15 is 0 Å². The van der Waals surface area contributed by atoms with E-state index in [0.717, 1.165) is 6.54 Å². The summed E-state index contributed by atoms with van der Waals surface area (Å²) in [7, 11) is 0. The van der Waals surface area contributed by atoms with Crippen LogP contribution in [0, 0.1) is 11.3 Å². The van der Waals surface area contributed by atoms with Gasteiger partial charge in [-0.15, -0.1) is 0 Å². The third kappa shape index (κ3) is 2.48. The predicted octanol–water partition coefficient (Wildman–Crippen LogP) is 3.75. The van der Waals surface area contributed by atoms with Crippen molar-refractivity contribution >= 4 is 17.4 Å². The Morgan fingerprint density at radius 3 is 2.60 bits per heavy atom. The molecule has 2 aromatic rings. The van der Waals surface area contributed by atoms with E-state index in [1.807, 2.05) is 18.2 Å². The number of aromatic nitrogens is 1. The predicted molar refractivity (Wildman–Crippen MR) is 79.8 cm³/mol. The van der Waals surface area contributed by atoms with Gasteiger partial charge < -0.3 is 5.32 Å². The van der Waals surface area contributed by atoms with Crippen molar-refractivity contribution in [2.24, 2.45) is 0 Å². The third-order valence-corrected chi connectivity index (χ3v) is 4.10. The zero-order chi connectivity index (χ0) is 14.0. The quantitative estimate of drug-likeness (QED) is 0.929. The summed E-state index contributed by atoms with van der Waals surface area (Å²) in [5.74, 6) is 0.702. The van der Waals surface area contributed by atoms with E-state index in [4.69, 9.17) is 16.9 Å². The number of nitriles is 1. The molecule has 1 aromatic heterocycles. The fourth-order valence-electron chi connectivity index (χ4n) is 2.39. The van der Waals surface area contributed by atoms with Crippen LogP contribution in [0.3, 0.4) is 0 Å². The Kier molecular flexibility index (Phi) is 3.33. The summed E-state index contributed by atoms with van der Waals surface area (Å²) in [6.45, 7) is 0.830. The monoisotopic (exact) mass is 283 g/mol. The Morgan fingerprint density at radius 2 is 1.95 bits per heavy atom. The van der Waals surface area contributed by atoms with Gasteiger partial charge >= 0.3 is 0 Å². The normalized spacial score (nSPS) is 15.4. The van der Waals surface area contributed by atoms with E-state index in [1.54, 1.807) is 6.07 Å². The lowest BCUT2D eigenvalue weighted by Gasteiger charge is -2.17. The molecule has 0 spiro atoms. The Bertz CT molecular complexity index is 657. The fraction of sp³-hybridized carbons (Fsp3) is 0.250. The Balaban J connectivity index is 1.73. The summed E-state index contributed by atoms with van der Waals surface area (Å²) >= 11 is 5.88. The first-order valence-electron chi connectivity index (χ1n) is 6.60. The van der Waals surface area contributed by atoms with Gasteiger partial charge in [0.15, 0.2) is 5.69 Å². The minimum Gasteiger partial charge on any atom is -0.369 e. The minimum absolute atomic E-state index is 0.218. The highest BCUT2D eigenvalue weighted by Crippen LogP contribution is 2.48. The number of hydrogen-bond donors (Lipinski definition) is 1. The lowest BCUT2D eigenvalue weighted by molar-refractivity contribution is 0.730. The average Bonchev–Trinajstić information content (AvgIpc) is 3.28. The van der Waals surface area contributed by atoms with Gasteiger partial charge in [0.05, 0.1) is 5.02 Å². The van der Waals surface area contributed by atoms with Gasteiger partial charge in [-0.05, 0) is 30.5 Å². The average molecular weight is 284 g/mol. The summed E-state index contributed by atoms with van der Waals surface area (Å²) < 4.78 is 0. The topological polar surface area (TPSA) is 48.7 Å². The van der Waals surface area contributed by atoms with Gasteiger partial charge in [-0.2, -0.15) is 5.26 Å². The number of nitrogens with zero attached hydrogens (tertiary/aromatic N) is 2. The first-order chi connectivity index (χ1) is 9.73. The van der Waals surface area contributed by atoms with Crippen molar-refractivity contribution in [2.45, 2.75) is 18.3 Å². The highest BCUT2D eigenvalue weighted by molar-refractivity contribution is 6.31. The lowest BCUT2D eigenvalue weighted by atomic mass is 9.96. The molecule has 1 aliphatic carbocycles. The fourth-order valence-corrected chi connectivity index (χ4v) is 2.54. The summed E-state index contributed by atoms with van der Waals surface area (Å²) in [6.07, 6.45) is 2.37. The highest BCUT2D eigenvalue weighted by atomic mass is 35.5. The number of pyridine rings is 1. The lowest BCUT2D eigenvalue weighted by Crippen LogP contribution is -2.20. The van der Waals surface area contributed by atoms with Crippen molar-refractivity contribution in [1.82, 2.24) is 4.98 Å². The smallest absolute Gasteiger partial charge is 0.161 e. The molecular weight excluding hydrogens is 270 g/mol. The van der Waals surface area contributed by atoms with Crippen molar-refractivity contribution in [3.63, 3.8) is 0 Å². The van der Waals surface area contributed by atoms with Crippen LogP contribution in [0.4, 0.5) is 5.82 Å². The molecule has 0 radical (unpaired) electrons. The summed E-state index contributed by atoms with van der Waals surface area (Å²) in [4.78, 5) is 4.21. The number of rotatable bonds is 4. The van der Waals surface area contributed by atoms with Gasteiger partial charge in [-0.25, -0.2) is 4.98 Å². The van der Waals surface area contributed by atoms with Crippen LogP contribution in [-0.4, -0.2) is 11.5 Å². The van der Waals surface area contributed by atoms with Gasteiger partial charge in [-0.3, -0.25) is 0 Å². The van der Waals surface area contributed by atoms with Crippen LogP contribution in [0.15, 0.2) is 42.5 Å². The van der Waals surface area contributed by atoms with Crippen molar-refractivity contribution in [2.75, 3.05) is 11.9 Å². The molecule has 1 aliphatic rings. The molecule has 1 saturated carbocycles. The third-order valence-electron chi connectivity index (χ3n) is 3.80. The first-order valence-corrected chi connectivity index (χ1v) is 6.97. The Morgan fingerprint density at radius 1 is 1.20 bits per heavy atom. The van der Waals surface area contributed by atoms with Gasteiger partial charge in [-0.1, -0.05) is 41.9 Å². The maximum absolute atomic E-state index is 8.94. The molecule has 0 unspecified atom stereocenters. The number of halogens is 1. The van der Waals surface area contributed by atoms with Crippen LogP contribution in [-0.2, 0) is 5.41 Å². The van der Waals surface area contributed by atoms with E-state index in [-0.39, 0.29) is 11.1 Å². The van der Waals surface area contributed by atoms with Gasteiger partial charge in [0.2, 0.25) is 0 Å². The van der Waals surface area contributed by atoms with E-state index in [2.05, 4.69) is 34.6 Å². The molecule has 0 saturated heterocycles. The second-order valence-electron chi connectivity index (χ2n) is 5.14. The van der Waals surface area contributed by atoms with E-state index < -0.39 is 0 Å². The summed E-state index contributed by atoms with van der Waals surface area (Å²) in [5, 5.41) is 12.7. The van der Waals surface area contributed by atoms with Crippen LogP contribution in [0.2, 0.25) is 5.02 Å². The Hall–Kier alpha value is -2.05. The van der Waals surface area contributed by atoms with Crippen LogP contribution < -0.4 is 5.32 Å². The minimum atomic E-state index is 0.218. The van der Waals surface area contributed by atoms with Crippen LogP contribution in [0.1, 0.15) is 24.1 Å². The molecule has 1 heterocycles. The highest BCUT2D eigenvalue weighted by Gasteiger charge is 2.43. The molecule has 3 nitrogen and oxygen atoms in total. The molecule has 20 heavy (non-hydrogen) atoms. The van der Waals surface area contributed by atoms with Crippen molar-refractivity contribution < 1.29 is 0 Å². The van der Waals surface area contributed by atoms with Crippen molar-refractivity contribution in [1.29, 1.82) is 5.26 Å². The molecule has 0 aliphatic heterocycles. The van der Waals surface area contributed by atoms with Crippen LogP contribution in [0.25, 0.3) is 0 Å². The summed E-state index contributed by atoms with van der Waals surface area (Å²) in [5.41, 5.74) is 1.85. The summed E-state index contributed by atoms with van der Waals surface area (Å²) in [6, 6.07) is 16.0. The molecule has 4 heteroatoms.